The number of aliphatic hydroxyl groups excluding tert-OH is 1. The molecule has 112 valence electrons. The van der Waals surface area contributed by atoms with Gasteiger partial charge in [0.05, 0.1) is 6.20 Å². The Morgan fingerprint density at radius 2 is 2.14 bits per heavy atom. The van der Waals surface area contributed by atoms with Crippen molar-refractivity contribution in [2.24, 2.45) is 0 Å². The molecule has 1 amide bonds. The smallest absolute Gasteiger partial charge is 0.326 e. The van der Waals surface area contributed by atoms with Crippen LogP contribution in [0.4, 0.5) is 0 Å². The molecule has 0 fully saturated rings. The van der Waals surface area contributed by atoms with Crippen LogP contribution in [0.25, 0.3) is 5.65 Å². The Balaban J connectivity index is 2.33. The predicted octanol–water partition coefficient (Wildman–Crippen LogP) is -0.0885. The summed E-state index contributed by atoms with van der Waals surface area (Å²) in [7, 11) is 0. The fourth-order valence-corrected chi connectivity index (χ4v) is 2.05. The standard InChI is InChI=1S/C13H16N4O4/c1-7-5-8(2)17-11(15-7)9(6-14-17)12(19)16-10(3-4-18)13(20)21/h5-6,10,18H,3-4H2,1-2H3,(H,16,19)(H,20,21). The fourth-order valence-electron chi connectivity index (χ4n) is 2.05. The maximum Gasteiger partial charge on any atom is 0.326 e. The van der Waals surface area contributed by atoms with Gasteiger partial charge in [0, 0.05) is 24.4 Å². The molecule has 0 spiro atoms. The topological polar surface area (TPSA) is 117 Å². The minimum atomic E-state index is -1.20. The van der Waals surface area contributed by atoms with Gasteiger partial charge in [0.15, 0.2) is 5.65 Å². The monoisotopic (exact) mass is 292 g/mol. The van der Waals surface area contributed by atoms with Gasteiger partial charge in [-0.3, -0.25) is 4.79 Å². The van der Waals surface area contributed by atoms with Crippen LogP contribution in [0.1, 0.15) is 28.2 Å². The number of carbonyl (C=O) groups is 2. The van der Waals surface area contributed by atoms with E-state index in [0.29, 0.717) is 5.65 Å². The highest BCUT2D eigenvalue weighted by molar-refractivity contribution is 6.01. The number of aryl methyl sites for hydroxylation is 2. The van der Waals surface area contributed by atoms with E-state index in [-0.39, 0.29) is 18.6 Å². The summed E-state index contributed by atoms with van der Waals surface area (Å²) in [6, 6.07) is 0.677. The van der Waals surface area contributed by atoms with Crippen LogP contribution in [-0.2, 0) is 4.79 Å². The SMILES string of the molecule is Cc1cc(C)n2ncc(C(=O)NC(CCO)C(=O)O)c2n1. The van der Waals surface area contributed by atoms with Crippen LogP contribution in [0.5, 0.6) is 0 Å². The largest absolute Gasteiger partial charge is 0.480 e. The van der Waals surface area contributed by atoms with E-state index in [1.807, 2.05) is 13.0 Å². The van der Waals surface area contributed by atoms with Crippen LogP contribution >= 0.6 is 0 Å². The van der Waals surface area contributed by atoms with E-state index in [2.05, 4.69) is 15.4 Å². The van der Waals surface area contributed by atoms with E-state index < -0.39 is 17.9 Å². The van der Waals surface area contributed by atoms with Crippen LogP contribution in [-0.4, -0.2) is 49.3 Å². The number of nitrogens with zero attached hydrogens (tertiary/aromatic N) is 3. The zero-order chi connectivity index (χ0) is 15.6. The molecule has 2 aromatic heterocycles. The summed E-state index contributed by atoms with van der Waals surface area (Å²) in [6.07, 6.45) is 1.29. The Labute approximate surface area is 120 Å². The molecule has 0 radical (unpaired) electrons. The Morgan fingerprint density at radius 3 is 2.76 bits per heavy atom. The van der Waals surface area contributed by atoms with Crippen molar-refractivity contribution >= 4 is 17.5 Å². The molecule has 0 saturated heterocycles. The van der Waals surface area contributed by atoms with Gasteiger partial charge in [0.25, 0.3) is 5.91 Å². The second kappa shape index (κ2) is 5.88. The third-order valence-electron chi connectivity index (χ3n) is 3.04. The van der Waals surface area contributed by atoms with Crippen molar-refractivity contribution in [1.29, 1.82) is 0 Å². The van der Waals surface area contributed by atoms with Crippen LogP contribution < -0.4 is 5.32 Å². The number of nitrogens with one attached hydrogen (secondary N) is 1. The summed E-state index contributed by atoms with van der Waals surface area (Å²) < 4.78 is 1.52. The van der Waals surface area contributed by atoms with Gasteiger partial charge in [0.1, 0.15) is 11.6 Å². The fraction of sp³-hybridized carbons (Fsp3) is 0.385. The number of fused-ring (bicyclic) bond motifs is 1. The number of hydrogen-bond donors (Lipinski definition) is 3. The number of carboxylic acids is 1. The van der Waals surface area contributed by atoms with Crippen molar-refractivity contribution < 1.29 is 19.8 Å². The Kier molecular flexibility index (Phi) is 4.18. The second-order valence-electron chi connectivity index (χ2n) is 4.71. The summed E-state index contributed by atoms with van der Waals surface area (Å²) in [5.74, 6) is -1.78. The van der Waals surface area contributed by atoms with E-state index in [0.717, 1.165) is 11.4 Å². The van der Waals surface area contributed by atoms with E-state index >= 15 is 0 Å². The number of aliphatic hydroxyl groups is 1. The summed E-state index contributed by atoms with van der Waals surface area (Å²) >= 11 is 0. The maximum atomic E-state index is 12.2. The van der Waals surface area contributed by atoms with Gasteiger partial charge < -0.3 is 15.5 Å². The molecule has 0 aliphatic heterocycles. The third-order valence-corrected chi connectivity index (χ3v) is 3.04. The summed E-state index contributed by atoms with van der Waals surface area (Å²) in [5.41, 5.74) is 2.13. The number of aromatic nitrogens is 3. The Bertz CT molecular complexity index is 695. The highest BCUT2D eigenvalue weighted by Gasteiger charge is 2.22. The minimum Gasteiger partial charge on any atom is -0.480 e. The molecule has 8 nitrogen and oxygen atoms in total. The molecular weight excluding hydrogens is 276 g/mol. The molecule has 8 heteroatoms. The van der Waals surface area contributed by atoms with Crippen molar-refractivity contribution in [3.05, 3.63) is 29.2 Å². The molecule has 0 bridgehead atoms. The molecule has 0 aliphatic rings. The average Bonchev–Trinajstić information content (AvgIpc) is 2.81. The molecule has 0 saturated carbocycles. The molecule has 0 aliphatic carbocycles. The van der Waals surface area contributed by atoms with Gasteiger partial charge in [-0.2, -0.15) is 5.10 Å². The number of amides is 1. The number of carbonyl (C=O) groups excluding carboxylic acids is 1. The lowest BCUT2D eigenvalue weighted by molar-refractivity contribution is -0.139. The van der Waals surface area contributed by atoms with E-state index in [4.69, 9.17) is 10.2 Å². The normalized spacial score (nSPS) is 12.3. The van der Waals surface area contributed by atoms with E-state index in [1.165, 1.54) is 10.7 Å². The lowest BCUT2D eigenvalue weighted by atomic mass is 10.2. The van der Waals surface area contributed by atoms with Crippen molar-refractivity contribution in [2.45, 2.75) is 26.3 Å². The van der Waals surface area contributed by atoms with Gasteiger partial charge in [-0.1, -0.05) is 0 Å². The quantitative estimate of drug-likeness (QED) is 0.709. The third kappa shape index (κ3) is 3.00. The van der Waals surface area contributed by atoms with Crippen LogP contribution in [0.2, 0.25) is 0 Å². The first-order valence-electron chi connectivity index (χ1n) is 6.40. The molecule has 1 atom stereocenters. The maximum absolute atomic E-state index is 12.2. The van der Waals surface area contributed by atoms with Crippen molar-refractivity contribution in [3.63, 3.8) is 0 Å². The lowest BCUT2D eigenvalue weighted by Gasteiger charge is -2.12. The van der Waals surface area contributed by atoms with Crippen LogP contribution in [0, 0.1) is 13.8 Å². The molecule has 3 N–H and O–H groups in total. The van der Waals surface area contributed by atoms with Crippen molar-refractivity contribution in [1.82, 2.24) is 19.9 Å². The van der Waals surface area contributed by atoms with Gasteiger partial charge in [-0.05, 0) is 19.9 Å². The first-order chi connectivity index (χ1) is 9.93. The first-order valence-corrected chi connectivity index (χ1v) is 6.40. The minimum absolute atomic E-state index is 0.0637. The Hall–Kier alpha value is -2.48. The molecule has 2 rings (SSSR count). The van der Waals surface area contributed by atoms with Crippen LogP contribution in [0.15, 0.2) is 12.3 Å². The Morgan fingerprint density at radius 1 is 1.43 bits per heavy atom. The number of carboxylic acid groups (broad SMARTS) is 1. The lowest BCUT2D eigenvalue weighted by Crippen LogP contribution is -2.41. The molecular formula is C13H16N4O4. The molecule has 2 heterocycles. The molecule has 2 aromatic rings. The van der Waals surface area contributed by atoms with Gasteiger partial charge in [0.2, 0.25) is 0 Å². The summed E-state index contributed by atoms with van der Waals surface area (Å²) in [6.45, 7) is 3.30. The predicted molar refractivity (Wildman–Crippen MR) is 73.1 cm³/mol. The van der Waals surface area contributed by atoms with Crippen LogP contribution in [0.3, 0.4) is 0 Å². The number of rotatable bonds is 5. The molecule has 0 aromatic carbocycles. The zero-order valence-electron chi connectivity index (χ0n) is 11.7. The highest BCUT2D eigenvalue weighted by Crippen LogP contribution is 2.12. The van der Waals surface area contributed by atoms with Crippen molar-refractivity contribution in [2.75, 3.05) is 6.61 Å². The van der Waals surface area contributed by atoms with E-state index in [1.54, 1.807) is 6.92 Å². The van der Waals surface area contributed by atoms with E-state index in [9.17, 15) is 9.59 Å². The number of aliphatic carboxylic acids is 1. The van der Waals surface area contributed by atoms with Gasteiger partial charge in [-0.15, -0.1) is 0 Å². The van der Waals surface area contributed by atoms with Gasteiger partial charge in [-0.25, -0.2) is 14.3 Å². The summed E-state index contributed by atoms with van der Waals surface area (Å²) in [4.78, 5) is 27.4. The number of hydrogen-bond acceptors (Lipinski definition) is 5. The zero-order valence-corrected chi connectivity index (χ0v) is 11.7. The molecule has 21 heavy (non-hydrogen) atoms. The average molecular weight is 292 g/mol. The highest BCUT2D eigenvalue weighted by atomic mass is 16.4. The second-order valence-corrected chi connectivity index (χ2v) is 4.71. The first kappa shape index (κ1) is 14.9. The molecule has 1 unspecified atom stereocenters. The summed E-state index contributed by atoms with van der Waals surface area (Å²) in [5, 5.41) is 24.3. The van der Waals surface area contributed by atoms with Crippen molar-refractivity contribution in [3.8, 4) is 0 Å². The van der Waals surface area contributed by atoms with Gasteiger partial charge >= 0.3 is 5.97 Å².